The van der Waals surface area contributed by atoms with E-state index in [0.717, 1.165) is 11.1 Å². The maximum atomic E-state index is 12.6. The first-order valence-corrected chi connectivity index (χ1v) is 9.09. The molecular weight excluding hydrogens is 356 g/mol. The number of methoxy groups -OCH3 is 1. The van der Waals surface area contributed by atoms with Gasteiger partial charge in [-0.1, -0.05) is 24.3 Å². The Bertz CT molecular complexity index is 923. The van der Waals surface area contributed by atoms with Gasteiger partial charge in [-0.3, -0.25) is 4.79 Å². The van der Waals surface area contributed by atoms with E-state index in [9.17, 15) is 4.79 Å². The van der Waals surface area contributed by atoms with Crippen LogP contribution >= 0.6 is 0 Å². The molecule has 7 nitrogen and oxygen atoms in total. The molecule has 1 heterocycles. The topological polar surface area (TPSA) is 78.3 Å². The predicted octanol–water partition coefficient (Wildman–Crippen LogP) is 3.05. The van der Waals surface area contributed by atoms with Crippen molar-refractivity contribution in [2.24, 2.45) is 0 Å². The standard InChI is InChI=1S/C21H24N4O3/c1-15(2)28-19-9-8-16(10-20(19)27-3)21(26)23-11-17-6-4-5-7-18(17)12-25-14-22-13-24-25/h4-10,13-15H,11-12H2,1-3H3,(H,23,26). The van der Waals surface area contributed by atoms with Crippen molar-refractivity contribution in [3.8, 4) is 11.5 Å². The molecule has 7 heteroatoms. The van der Waals surface area contributed by atoms with E-state index >= 15 is 0 Å². The van der Waals surface area contributed by atoms with E-state index in [2.05, 4.69) is 15.4 Å². The number of carbonyl (C=O) groups is 1. The zero-order valence-electron chi connectivity index (χ0n) is 16.3. The molecule has 3 rings (SSSR count). The summed E-state index contributed by atoms with van der Waals surface area (Å²) in [6, 6.07) is 13.1. The minimum Gasteiger partial charge on any atom is -0.493 e. The number of nitrogens with zero attached hydrogens (tertiary/aromatic N) is 3. The summed E-state index contributed by atoms with van der Waals surface area (Å²) < 4.78 is 12.8. The molecule has 0 radical (unpaired) electrons. The molecule has 1 N–H and O–H groups in total. The third-order valence-corrected chi connectivity index (χ3v) is 4.15. The van der Waals surface area contributed by atoms with E-state index in [-0.39, 0.29) is 12.0 Å². The smallest absolute Gasteiger partial charge is 0.251 e. The Labute approximate surface area is 164 Å². The van der Waals surface area contributed by atoms with Gasteiger partial charge in [-0.05, 0) is 43.2 Å². The van der Waals surface area contributed by atoms with Gasteiger partial charge < -0.3 is 14.8 Å². The van der Waals surface area contributed by atoms with Crippen molar-refractivity contribution in [2.45, 2.75) is 33.0 Å². The number of ether oxygens (including phenoxy) is 2. The highest BCUT2D eigenvalue weighted by molar-refractivity contribution is 5.94. The summed E-state index contributed by atoms with van der Waals surface area (Å²) in [4.78, 5) is 16.6. The molecular formula is C21H24N4O3. The largest absolute Gasteiger partial charge is 0.493 e. The first-order valence-electron chi connectivity index (χ1n) is 9.09. The average molecular weight is 380 g/mol. The monoisotopic (exact) mass is 380 g/mol. The van der Waals surface area contributed by atoms with Crippen molar-refractivity contribution < 1.29 is 14.3 Å². The van der Waals surface area contributed by atoms with E-state index in [1.54, 1.807) is 36.3 Å². The summed E-state index contributed by atoms with van der Waals surface area (Å²) in [5.41, 5.74) is 2.62. The number of nitrogens with one attached hydrogen (secondary N) is 1. The SMILES string of the molecule is COc1cc(C(=O)NCc2ccccc2Cn2cncn2)ccc1OC(C)C. The lowest BCUT2D eigenvalue weighted by Crippen LogP contribution is -2.23. The van der Waals surface area contributed by atoms with E-state index in [4.69, 9.17) is 9.47 Å². The molecule has 1 aromatic heterocycles. The second kappa shape index (κ2) is 9.03. The van der Waals surface area contributed by atoms with Crippen molar-refractivity contribution in [3.05, 3.63) is 71.8 Å². The van der Waals surface area contributed by atoms with Crippen LogP contribution in [-0.2, 0) is 13.1 Å². The van der Waals surface area contributed by atoms with Gasteiger partial charge in [0, 0.05) is 12.1 Å². The fourth-order valence-electron chi connectivity index (χ4n) is 2.81. The van der Waals surface area contributed by atoms with Gasteiger partial charge in [0.05, 0.1) is 19.8 Å². The molecule has 146 valence electrons. The zero-order valence-corrected chi connectivity index (χ0v) is 16.3. The average Bonchev–Trinajstić information content (AvgIpc) is 3.20. The van der Waals surface area contributed by atoms with E-state index in [0.29, 0.717) is 30.2 Å². The van der Waals surface area contributed by atoms with Crippen LogP contribution in [0.15, 0.2) is 55.1 Å². The van der Waals surface area contributed by atoms with Crippen LogP contribution in [0, 0.1) is 0 Å². The van der Waals surface area contributed by atoms with E-state index in [1.807, 2.05) is 38.1 Å². The van der Waals surface area contributed by atoms with Crippen LogP contribution in [0.2, 0.25) is 0 Å². The highest BCUT2D eigenvalue weighted by Crippen LogP contribution is 2.29. The number of hydrogen-bond donors (Lipinski definition) is 1. The molecule has 0 saturated carbocycles. The highest BCUT2D eigenvalue weighted by atomic mass is 16.5. The van der Waals surface area contributed by atoms with Crippen molar-refractivity contribution in [1.82, 2.24) is 20.1 Å². The molecule has 28 heavy (non-hydrogen) atoms. The first kappa shape index (κ1) is 19.4. The molecule has 0 spiro atoms. The fourth-order valence-corrected chi connectivity index (χ4v) is 2.81. The second-order valence-corrected chi connectivity index (χ2v) is 6.58. The predicted molar refractivity (Wildman–Crippen MR) is 105 cm³/mol. The Morgan fingerprint density at radius 3 is 2.61 bits per heavy atom. The highest BCUT2D eigenvalue weighted by Gasteiger charge is 2.13. The van der Waals surface area contributed by atoms with Gasteiger partial charge in [-0.2, -0.15) is 5.10 Å². The quantitative estimate of drug-likeness (QED) is 0.650. The molecule has 0 aliphatic carbocycles. The molecule has 0 bridgehead atoms. The van der Waals surface area contributed by atoms with Crippen LogP contribution in [0.1, 0.15) is 35.3 Å². The Kier molecular flexibility index (Phi) is 6.26. The van der Waals surface area contributed by atoms with Gasteiger partial charge in [0.1, 0.15) is 12.7 Å². The van der Waals surface area contributed by atoms with Crippen LogP contribution in [-0.4, -0.2) is 33.9 Å². The number of benzene rings is 2. The second-order valence-electron chi connectivity index (χ2n) is 6.58. The maximum Gasteiger partial charge on any atom is 0.251 e. The molecule has 0 atom stereocenters. The first-order chi connectivity index (χ1) is 13.6. The van der Waals surface area contributed by atoms with Gasteiger partial charge >= 0.3 is 0 Å². The molecule has 2 aromatic carbocycles. The molecule has 0 fully saturated rings. The third kappa shape index (κ3) is 4.88. The lowest BCUT2D eigenvalue weighted by Gasteiger charge is -2.15. The normalized spacial score (nSPS) is 10.7. The third-order valence-electron chi connectivity index (χ3n) is 4.15. The van der Waals surface area contributed by atoms with Crippen LogP contribution < -0.4 is 14.8 Å². The van der Waals surface area contributed by atoms with Gasteiger partial charge in [0.2, 0.25) is 0 Å². The molecule has 1 amide bonds. The maximum absolute atomic E-state index is 12.6. The Hall–Kier alpha value is -3.35. The van der Waals surface area contributed by atoms with Crippen LogP contribution in [0.3, 0.4) is 0 Å². The van der Waals surface area contributed by atoms with E-state index < -0.39 is 0 Å². The van der Waals surface area contributed by atoms with Gasteiger partial charge in [0.15, 0.2) is 11.5 Å². The zero-order chi connectivity index (χ0) is 19.9. The van der Waals surface area contributed by atoms with Crippen LogP contribution in [0.5, 0.6) is 11.5 Å². The van der Waals surface area contributed by atoms with Gasteiger partial charge in [-0.15, -0.1) is 0 Å². The summed E-state index contributed by atoms with van der Waals surface area (Å²) >= 11 is 0. The van der Waals surface area contributed by atoms with Crippen molar-refractivity contribution >= 4 is 5.91 Å². The molecule has 0 aliphatic heterocycles. The molecule has 3 aromatic rings. The lowest BCUT2D eigenvalue weighted by molar-refractivity contribution is 0.0950. The molecule has 0 unspecified atom stereocenters. The fraction of sp³-hybridized carbons (Fsp3) is 0.286. The van der Waals surface area contributed by atoms with Crippen LogP contribution in [0.4, 0.5) is 0 Å². The number of aromatic nitrogens is 3. The Morgan fingerprint density at radius 1 is 1.14 bits per heavy atom. The number of rotatable bonds is 8. The molecule has 0 saturated heterocycles. The summed E-state index contributed by atoms with van der Waals surface area (Å²) in [6.07, 6.45) is 3.20. The van der Waals surface area contributed by atoms with Crippen molar-refractivity contribution in [2.75, 3.05) is 7.11 Å². The van der Waals surface area contributed by atoms with Gasteiger partial charge in [-0.25, -0.2) is 9.67 Å². The Morgan fingerprint density at radius 2 is 1.93 bits per heavy atom. The van der Waals surface area contributed by atoms with Crippen molar-refractivity contribution in [3.63, 3.8) is 0 Å². The van der Waals surface area contributed by atoms with Gasteiger partial charge in [0.25, 0.3) is 5.91 Å². The summed E-state index contributed by atoms with van der Waals surface area (Å²) in [5.74, 6) is 0.977. The number of hydrogen-bond acceptors (Lipinski definition) is 5. The summed E-state index contributed by atoms with van der Waals surface area (Å²) in [5, 5.41) is 7.10. The molecule has 0 aliphatic rings. The summed E-state index contributed by atoms with van der Waals surface area (Å²) in [6.45, 7) is 4.89. The minimum absolute atomic E-state index is 0.0232. The Balaban J connectivity index is 1.69. The number of amides is 1. The lowest BCUT2D eigenvalue weighted by atomic mass is 10.1. The number of carbonyl (C=O) groups excluding carboxylic acids is 1. The van der Waals surface area contributed by atoms with E-state index in [1.165, 1.54) is 6.33 Å². The van der Waals surface area contributed by atoms with Crippen molar-refractivity contribution in [1.29, 1.82) is 0 Å². The van der Waals surface area contributed by atoms with Crippen LogP contribution in [0.25, 0.3) is 0 Å². The minimum atomic E-state index is -0.176. The summed E-state index contributed by atoms with van der Waals surface area (Å²) in [7, 11) is 1.56.